The number of amides is 1. The second-order valence-electron chi connectivity index (χ2n) is 7.32. The molecular weight excluding hydrogens is 486 g/mol. The summed E-state index contributed by atoms with van der Waals surface area (Å²) in [6, 6.07) is 4.61. The SMILES string of the molecule is CCn1ncc(Br)c1CN(C)C(=O)Cn1nc(C)c2c(C(F)F)cc(-c3ccco3)nc21. The number of carbonyl (C=O) groups is 1. The molecule has 0 aliphatic heterocycles. The number of carbonyl (C=O) groups excluding carboxylic acids is 1. The van der Waals surface area contributed by atoms with Crippen molar-refractivity contribution in [1.82, 2.24) is 29.4 Å². The van der Waals surface area contributed by atoms with Gasteiger partial charge in [0.15, 0.2) is 11.4 Å². The Hall–Kier alpha value is -3.08. The number of pyridine rings is 1. The predicted molar refractivity (Wildman–Crippen MR) is 117 cm³/mol. The summed E-state index contributed by atoms with van der Waals surface area (Å²) in [6.07, 6.45) is 0.410. The van der Waals surface area contributed by atoms with E-state index in [-0.39, 0.29) is 34.7 Å². The first-order valence-electron chi connectivity index (χ1n) is 9.94. The molecule has 4 aromatic rings. The van der Waals surface area contributed by atoms with E-state index < -0.39 is 6.43 Å². The number of fused-ring (bicyclic) bond motifs is 1. The van der Waals surface area contributed by atoms with Crippen molar-refractivity contribution in [3.8, 4) is 11.5 Å². The molecule has 0 aliphatic rings. The molecule has 0 bridgehead atoms. The van der Waals surface area contributed by atoms with Gasteiger partial charge in [0, 0.05) is 19.2 Å². The second kappa shape index (κ2) is 8.81. The van der Waals surface area contributed by atoms with Crippen LogP contribution in [0.1, 0.15) is 30.3 Å². The van der Waals surface area contributed by atoms with Crippen LogP contribution >= 0.6 is 15.9 Å². The van der Waals surface area contributed by atoms with Crippen LogP contribution in [-0.2, 0) is 24.4 Å². The molecule has 11 heteroatoms. The van der Waals surface area contributed by atoms with Gasteiger partial charge in [-0.05, 0) is 48.0 Å². The standard InChI is InChI=1S/C21H21BrF2N6O2/c1-4-29-16(14(22)9-25-29)10-28(3)18(31)11-30-21-19(12(2)27-30)13(20(23)24)8-15(26-21)17-6-5-7-32-17/h5-9,20H,4,10-11H2,1-3H3. The number of likely N-dealkylation sites (N-methyl/N-ethyl adjacent to an activating group) is 1. The maximum absolute atomic E-state index is 13.8. The van der Waals surface area contributed by atoms with E-state index in [1.807, 2.05) is 6.92 Å². The summed E-state index contributed by atoms with van der Waals surface area (Å²) in [5, 5.41) is 8.85. The van der Waals surface area contributed by atoms with Crippen LogP contribution < -0.4 is 0 Å². The number of alkyl halides is 2. The molecule has 0 saturated heterocycles. The highest BCUT2D eigenvalue weighted by Gasteiger charge is 2.23. The third-order valence-corrected chi connectivity index (χ3v) is 5.87. The van der Waals surface area contributed by atoms with E-state index in [4.69, 9.17) is 4.42 Å². The lowest BCUT2D eigenvalue weighted by Gasteiger charge is -2.18. The zero-order valence-electron chi connectivity index (χ0n) is 17.7. The molecular formula is C21H21BrF2N6O2. The lowest BCUT2D eigenvalue weighted by Crippen LogP contribution is -2.31. The smallest absolute Gasteiger partial charge is 0.264 e. The third-order valence-electron chi connectivity index (χ3n) is 5.21. The quantitative estimate of drug-likeness (QED) is 0.366. The summed E-state index contributed by atoms with van der Waals surface area (Å²) in [6.45, 7) is 4.45. The van der Waals surface area contributed by atoms with Crippen LogP contribution in [0.2, 0.25) is 0 Å². The van der Waals surface area contributed by atoms with Crippen LogP contribution in [-0.4, -0.2) is 42.4 Å². The number of nitrogens with zero attached hydrogens (tertiary/aromatic N) is 6. The summed E-state index contributed by atoms with van der Waals surface area (Å²) in [5.41, 5.74) is 1.53. The lowest BCUT2D eigenvalue weighted by molar-refractivity contribution is -0.131. The average Bonchev–Trinajstić information content (AvgIpc) is 3.48. The fraction of sp³-hybridized carbons (Fsp3) is 0.333. The Morgan fingerprint density at radius 2 is 2.12 bits per heavy atom. The summed E-state index contributed by atoms with van der Waals surface area (Å²) in [4.78, 5) is 19.0. The maximum Gasteiger partial charge on any atom is 0.264 e. The van der Waals surface area contributed by atoms with Crippen molar-refractivity contribution < 1.29 is 18.0 Å². The van der Waals surface area contributed by atoms with Gasteiger partial charge in [-0.25, -0.2) is 18.4 Å². The zero-order valence-corrected chi connectivity index (χ0v) is 19.3. The maximum atomic E-state index is 13.8. The van der Waals surface area contributed by atoms with E-state index in [2.05, 4.69) is 31.1 Å². The van der Waals surface area contributed by atoms with Gasteiger partial charge in [-0.15, -0.1) is 0 Å². The molecule has 8 nitrogen and oxygen atoms in total. The van der Waals surface area contributed by atoms with Crippen LogP contribution in [0.3, 0.4) is 0 Å². The van der Waals surface area contributed by atoms with Gasteiger partial charge in [-0.2, -0.15) is 10.2 Å². The van der Waals surface area contributed by atoms with Crippen LogP contribution in [0.25, 0.3) is 22.5 Å². The second-order valence-corrected chi connectivity index (χ2v) is 8.18. The molecule has 1 amide bonds. The number of rotatable bonds is 7. The Morgan fingerprint density at radius 1 is 1.34 bits per heavy atom. The summed E-state index contributed by atoms with van der Waals surface area (Å²) in [5.74, 6) is 0.120. The summed E-state index contributed by atoms with van der Waals surface area (Å²) in [7, 11) is 1.67. The van der Waals surface area contributed by atoms with Crippen molar-refractivity contribution in [3.63, 3.8) is 0 Å². The number of aromatic nitrogens is 5. The number of aryl methyl sites for hydroxylation is 2. The Kier molecular flexibility index (Phi) is 6.09. The molecule has 0 N–H and O–H groups in total. The van der Waals surface area contributed by atoms with Crippen LogP contribution in [0.5, 0.6) is 0 Å². The van der Waals surface area contributed by atoms with Crippen LogP contribution in [0.15, 0.2) is 39.5 Å². The Morgan fingerprint density at radius 3 is 2.78 bits per heavy atom. The van der Waals surface area contributed by atoms with Gasteiger partial charge in [-0.1, -0.05) is 0 Å². The van der Waals surface area contributed by atoms with E-state index in [0.717, 1.165) is 10.2 Å². The Bertz CT molecular complexity index is 1270. The van der Waals surface area contributed by atoms with Gasteiger partial charge in [0.1, 0.15) is 12.2 Å². The largest absolute Gasteiger partial charge is 0.463 e. The molecule has 32 heavy (non-hydrogen) atoms. The van der Waals surface area contributed by atoms with E-state index in [0.29, 0.717) is 24.5 Å². The Balaban J connectivity index is 1.68. The van der Waals surface area contributed by atoms with E-state index in [1.54, 1.807) is 41.9 Å². The van der Waals surface area contributed by atoms with E-state index in [1.165, 1.54) is 17.0 Å². The van der Waals surface area contributed by atoms with Crippen molar-refractivity contribution in [2.24, 2.45) is 0 Å². The fourth-order valence-corrected chi connectivity index (χ4v) is 4.02. The van der Waals surface area contributed by atoms with Gasteiger partial charge < -0.3 is 9.32 Å². The number of furan rings is 1. The van der Waals surface area contributed by atoms with Gasteiger partial charge in [0.05, 0.1) is 40.3 Å². The highest BCUT2D eigenvalue weighted by molar-refractivity contribution is 9.10. The van der Waals surface area contributed by atoms with E-state index in [9.17, 15) is 13.6 Å². The van der Waals surface area contributed by atoms with Crippen molar-refractivity contribution in [2.45, 2.75) is 39.9 Å². The van der Waals surface area contributed by atoms with Gasteiger partial charge in [-0.3, -0.25) is 9.48 Å². The minimum atomic E-state index is -2.73. The van der Waals surface area contributed by atoms with Crippen LogP contribution in [0.4, 0.5) is 8.78 Å². The molecule has 0 fully saturated rings. The number of hydrogen-bond acceptors (Lipinski definition) is 5. The van der Waals surface area contributed by atoms with E-state index >= 15 is 0 Å². The number of hydrogen-bond donors (Lipinski definition) is 0. The Labute approximate surface area is 190 Å². The molecule has 0 saturated carbocycles. The molecule has 0 unspecified atom stereocenters. The first-order chi connectivity index (χ1) is 15.3. The lowest BCUT2D eigenvalue weighted by atomic mass is 10.1. The molecule has 0 atom stereocenters. The summed E-state index contributed by atoms with van der Waals surface area (Å²) < 4.78 is 37.0. The van der Waals surface area contributed by atoms with Crippen molar-refractivity contribution in [3.05, 3.63) is 52.1 Å². The first kappa shape index (κ1) is 22.1. The topological polar surface area (TPSA) is 82.0 Å². The first-order valence-corrected chi connectivity index (χ1v) is 10.7. The van der Waals surface area contributed by atoms with Crippen molar-refractivity contribution >= 4 is 32.9 Å². The van der Waals surface area contributed by atoms with Crippen molar-refractivity contribution in [1.29, 1.82) is 0 Å². The molecule has 4 aromatic heterocycles. The van der Waals surface area contributed by atoms with Gasteiger partial charge >= 0.3 is 0 Å². The summed E-state index contributed by atoms with van der Waals surface area (Å²) >= 11 is 3.46. The molecule has 0 spiro atoms. The minimum absolute atomic E-state index is 0.143. The highest BCUT2D eigenvalue weighted by Crippen LogP contribution is 2.33. The molecule has 0 aromatic carbocycles. The molecule has 168 valence electrons. The minimum Gasteiger partial charge on any atom is -0.463 e. The van der Waals surface area contributed by atoms with Gasteiger partial charge in [0.2, 0.25) is 5.91 Å². The third kappa shape index (κ3) is 4.04. The van der Waals surface area contributed by atoms with Crippen molar-refractivity contribution in [2.75, 3.05) is 7.05 Å². The zero-order chi connectivity index (χ0) is 23.0. The van der Waals surface area contributed by atoms with Crippen LogP contribution in [0, 0.1) is 6.92 Å². The monoisotopic (exact) mass is 506 g/mol. The molecule has 4 rings (SSSR count). The normalized spacial score (nSPS) is 11.6. The highest BCUT2D eigenvalue weighted by atomic mass is 79.9. The number of halogens is 3. The molecule has 0 radical (unpaired) electrons. The fourth-order valence-electron chi connectivity index (χ4n) is 3.60. The average molecular weight is 507 g/mol. The predicted octanol–water partition coefficient (Wildman–Crippen LogP) is 4.57. The molecule has 0 aliphatic carbocycles. The van der Waals surface area contributed by atoms with Gasteiger partial charge in [0.25, 0.3) is 6.43 Å². The molecule has 4 heterocycles.